The topological polar surface area (TPSA) is 38.8 Å². The van der Waals surface area contributed by atoms with Crippen molar-refractivity contribution in [3.63, 3.8) is 0 Å². The summed E-state index contributed by atoms with van der Waals surface area (Å²) in [5.41, 5.74) is 1.13. The molecule has 3 heterocycles. The number of rotatable bonds is 5. The highest BCUT2D eigenvalue weighted by molar-refractivity contribution is 7.09. The molecule has 2 saturated heterocycles. The highest BCUT2D eigenvalue weighted by Gasteiger charge is 2.24. The summed E-state index contributed by atoms with van der Waals surface area (Å²) >= 11 is 7.93. The number of nitrogens with one attached hydrogen (secondary N) is 1. The Morgan fingerprint density at radius 3 is 2.55 bits per heavy atom. The molecule has 5 nitrogen and oxygen atoms in total. The number of halogens is 1. The van der Waals surface area contributed by atoms with Crippen LogP contribution in [0.15, 0.2) is 41.8 Å². The van der Waals surface area contributed by atoms with Gasteiger partial charge in [-0.15, -0.1) is 11.3 Å². The lowest BCUT2D eigenvalue weighted by atomic mass is 9.97. The molecule has 2 aliphatic heterocycles. The lowest BCUT2D eigenvalue weighted by Gasteiger charge is -2.37. The van der Waals surface area contributed by atoms with E-state index in [1.165, 1.54) is 4.88 Å². The van der Waals surface area contributed by atoms with Crippen LogP contribution >= 0.6 is 22.9 Å². The average Bonchev–Trinajstić information content (AvgIpc) is 3.26. The molecule has 0 radical (unpaired) electrons. The first kappa shape index (κ1) is 20.5. The molecule has 0 saturated carbocycles. The lowest BCUT2D eigenvalue weighted by molar-refractivity contribution is 0.168. The number of thiophene rings is 1. The number of benzene rings is 1. The Bertz CT molecular complexity index is 784. The largest absolute Gasteiger partial charge is 0.368 e. The van der Waals surface area contributed by atoms with Crippen LogP contribution in [0.1, 0.15) is 17.7 Å². The van der Waals surface area contributed by atoms with Crippen molar-refractivity contribution < 1.29 is 4.79 Å². The number of piperidine rings is 1. The number of carbonyl (C=O) groups excluding carboxylic acids is 1. The van der Waals surface area contributed by atoms with Crippen LogP contribution in [0, 0.1) is 5.92 Å². The molecule has 2 aromatic rings. The van der Waals surface area contributed by atoms with Gasteiger partial charge in [0, 0.05) is 54.9 Å². The molecule has 156 valence electrons. The fraction of sp³-hybridized carbons (Fsp3) is 0.500. The van der Waals surface area contributed by atoms with Gasteiger partial charge >= 0.3 is 6.03 Å². The molecule has 0 spiro atoms. The number of urea groups is 1. The van der Waals surface area contributed by atoms with Crippen LogP contribution in [-0.4, -0.2) is 61.6 Å². The van der Waals surface area contributed by atoms with Gasteiger partial charge in [0.2, 0.25) is 0 Å². The van der Waals surface area contributed by atoms with E-state index in [-0.39, 0.29) is 6.03 Å². The van der Waals surface area contributed by atoms with Gasteiger partial charge in [-0.2, -0.15) is 0 Å². The molecule has 0 unspecified atom stereocenters. The summed E-state index contributed by atoms with van der Waals surface area (Å²) in [6.45, 7) is 7.28. The van der Waals surface area contributed by atoms with E-state index in [0.29, 0.717) is 5.92 Å². The Morgan fingerprint density at radius 2 is 1.86 bits per heavy atom. The number of nitrogens with zero attached hydrogens (tertiary/aromatic N) is 3. The van der Waals surface area contributed by atoms with Crippen LogP contribution < -0.4 is 10.2 Å². The van der Waals surface area contributed by atoms with Crippen molar-refractivity contribution in [1.82, 2.24) is 15.1 Å². The molecule has 7 heteroatoms. The lowest BCUT2D eigenvalue weighted by Crippen LogP contribution is -2.52. The second kappa shape index (κ2) is 9.83. The van der Waals surface area contributed by atoms with E-state index in [9.17, 15) is 4.79 Å². The average molecular weight is 433 g/mol. The van der Waals surface area contributed by atoms with Gasteiger partial charge < -0.3 is 15.1 Å². The number of amides is 2. The summed E-state index contributed by atoms with van der Waals surface area (Å²) < 4.78 is 0. The van der Waals surface area contributed by atoms with Crippen LogP contribution in [0.4, 0.5) is 10.5 Å². The molecular weight excluding hydrogens is 404 g/mol. The van der Waals surface area contributed by atoms with E-state index in [2.05, 4.69) is 38.7 Å². The molecule has 0 bridgehead atoms. The molecule has 0 aliphatic carbocycles. The summed E-state index contributed by atoms with van der Waals surface area (Å²) in [7, 11) is 0. The summed E-state index contributed by atoms with van der Waals surface area (Å²) in [5.74, 6) is 0.589. The van der Waals surface area contributed by atoms with Crippen LogP contribution in [0.2, 0.25) is 5.02 Å². The maximum absolute atomic E-state index is 12.6. The first-order valence-electron chi connectivity index (χ1n) is 10.5. The van der Waals surface area contributed by atoms with Gasteiger partial charge in [0.15, 0.2) is 0 Å². The van der Waals surface area contributed by atoms with E-state index in [1.54, 1.807) is 0 Å². The van der Waals surface area contributed by atoms with Gasteiger partial charge in [0.05, 0.1) is 0 Å². The van der Waals surface area contributed by atoms with Crippen LogP contribution in [0.5, 0.6) is 0 Å². The van der Waals surface area contributed by atoms with Gasteiger partial charge in [0.1, 0.15) is 0 Å². The molecule has 29 heavy (non-hydrogen) atoms. The quantitative estimate of drug-likeness (QED) is 0.771. The number of piperazine rings is 1. The van der Waals surface area contributed by atoms with Crippen LogP contribution in [0.3, 0.4) is 0 Å². The van der Waals surface area contributed by atoms with Crippen molar-refractivity contribution in [3.05, 3.63) is 51.7 Å². The van der Waals surface area contributed by atoms with Gasteiger partial charge in [0.25, 0.3) is 0 Å². The van der Waals surface area contributed by atoms with Crippen molar-refractivity contribution in [3.8, 4) is 0 Å². The SMILES string of the molecule is O=C(NCC1CCN(Cc2cccs2)CC1)N1CCN(c2cccc(Cl)c2)CC1. The maximum atomic E-state index is 12.6. The number of hydrogen-bond acceptors (Lipinski definition) is 4. The Balaban J connectivity index is 1.15. The molecule has 2 aliphatic rings. The van der Waals surface area contributed by atoms with Crippen molar-refractivity contribution in [2.24, 2.45) is 5.92 Å². The van der Waals surface area contributed by atoms with Crippen molar-refractivity contribution in [2.45, 2.75) is 19.4 Å². The minimum absolute atomic E-state index is 0.0803. The molecule has 1 aromatic carbocycles. The zero-order valence-corrected chi connectivity index (χ0v) is 18.3. The molecule has 1 N–H and O–H groups in total. The van der Waals surface area contributed by atoms with E-state index in [4.69, 9.17) is 11.6 Å². The van der Waals surface area contributed by atoms with E-state index < -0.39 is 0 Å². The highest BCUT2D eigenvalue weighted by atomic mass is 35.5. The first-order valence-corrected chi connectivity index (χ1v) is 11.7. The van der Waals surface area contributed by atoms with Crippen molar-refractivity contribution >= 4 is 34.7 Å². The van der Waals surface area contributed by atoms with Crippen molar-refractivity contribution in [1.29, 1.82) is 0 Å². The van der Waals surface area contributed by atoms with E-state index in [0.717, 1.165) is 75.9 Å². The van der Waals surface area contributed by atoms with E-state index >= 15 is 0 Å². The zero-order valence-electron chi connectivity index (χ0n) is 16.7. The third-order valence-electron chi connectivity index (χ3n) is 5.95. The first-order chi connectivity index (χ1) is 14.2. The Morgan fingerprint density at radius 1 is 1.07 bits per heavy atom. The molecule has 2 amide bonds. The zero-order chi connectivity index (χ0) is 20.1. The molecule has 2 fully saturated rings. The summed E-state index contributed by atoms with van der Waals surface area (Å²) in [6.07, 6.45) is 2.32. The Labute approximate surface area is 182 Å². The van der Waals surface area contributed by atoms with E-state index in [1.807, 2.05) is 34.4 Å². The molecule has 1 aromatic heterocycles. The van der Waals surface area contributed by atoms with Gasteiger partial charge in [-0.05, 0) is 61.5 Å². The molecule has 4 rings (SSSR count). The molecular formula is C22H29ClN4OS. The molecule has 0 atom stereocenters. The predicted molar refractivity (Wildman–Crippen MR) is 121 cm³/mol. The third kappa shape index (κ3) is 5.65. The Kier molecular flexibility index (Phi) is 6.95. The Hall–Kier alpha value is -1.76. The normalized spacial score (nSPS) is 18.8. The number of hydrogen-bond donors (Lipinski definition) is 1. The van der Waals surface area contributed by atoms with Gasteiger partial charge in [-0.1, -0.05) is 23.7 Å². The second-order valence-electron chi connectivity index (χ2n) is 7.94. The minimum Gasteiger partial charge on any atom is -0.368 e. The number of carbonyl (C=O) groups is 1. The maximum Gasteiger partial charge on any atom is 0.317 e. The number of likely N-dealkylation sites (tertiary alicyclic amines) is 1. The monoisotopic (exact) mass is 432 g/mol. The van der Waals surface area contributed by atoms with Crippen molar-refractivity contribution in [2.75, 3.05) is 50.7 Å². The minimum atomic E-state index is 0.0803. The van der Waals surface area contributed by atoms with Crippen LogP contribution in [-0.2, 0) is 6.54 Å². The highest BCUT2D eigenvalue weighted by Crippen LogP contribution is 2.22. The predicted octanol–water partition coefficient (Wildman–Crippen LogP) is 4.15. The van der Waals surface area contributed by atoms with Gasteiger partial charge in [-0.25, -0.2) is 4.79 Å². The fourth-order valence-electron chi connectivity index (χ4n) is 4.16. The summed E-state index contributed by atoms with van der Waals surface area (Å²) in [4.78, 5) is 20.8. The fourth-order valence-corrected chi connectivity index (χ4v) is 5.09. The number of anilines is 1. The summed E-state index contributed by atoms with van der Waals surface area (Å²) in [5, 5.41) is 6.08. The van der Waals surface area contributed by atoms with Crippen LogP contribution in [0.25, 0.3) is 0 Å². The smallest absolute Gasteiger partial charge is 0.317 e. The third-order valence-corrected chi connectivity index (χ3v) is 7.05. The summed E-state index contributed by atoms with van der Waals surface area (Å²) in [6, 6.07) is 12.3. The van der Waals surface area contributed by atoms with Gasteiger partial charge in [-0.3, -0.25) is 4.90 Å². The standard InChI is InChI=1S/C22H29ClN4OS/c23-19-3-1-4-20(15-19)26-10-12-27(13-11-26)22(28)24-16-18-6-8-25(9-7-18)17-21-5-2-14-29-21/h1-5,14-15,18H,6-13,16-17H2,(H,24,28). The second-order valence-corrected chi connectivity index (χ2v) is 9.41.